The van der Waals surface area contributed by atoms with Gasteiger partial charge in [-0.3, -0.25) is 19.6 Å². The second kappa shape index (κ2) is 10.2. The maximum absolute atomic E-state index is 15.0. The number of ketones is 1. The molecule has 7 nitrogen and oxygen atoms in total. The molecule has 4 atom stereocenters. The summed E-state index contributed by atoms with van der Waals surface area (Å²) in [5, 5.41) is 0.278. The molecule has 3 aromatic rings. The lowest BCUT2D eigenvalue weighted by Gasteiger charge is -2.38. The zero-order valence-corrected chi connectivity index (χ0v) is 21.7. The van der Waals surface area contributed by atoms with Crippen molar-refractivity contribution in [3.05, 3.63) is 65.4 Å². The van der Waals surface area contributed by atoms with E-state index in [0.717, 1.165) is 30.4 Å². The Morgan fingerprint density at radius 1 is 1.14 bits per heavy atom. The average molecular weight is 504 g/mol. The van der Waals surface area contributed by atoms with Crippen LogP contribution in [0.2, 0.25) is 0 Å². The van der Waals surface area contributed by atoms with Crippen molar-refractivity contribution < 1.29 is 14.0 Å². The Bertz CT molecular complexity index is 1340. The van der Waals surface area contributed by atoms with Crippen molar-refractivity contribution in [3.8, 4) is 0 Å². The van der Waals surface area contributed by atoms with Gasteiger partial charge in [0.25, 0.3) is 0 Å². The molecule has 194 valence electrons. The summed E-state index contributed by atoms with van der Waals surface area (Å²) < 4.78 is 15.0. The number of aromatic nitrogens is 2. The number of halogens is 1. The van der Waals surface area contributed by atoms with Crippen LogP contribution in [0.1, 0.15) is 60.5 Å². The SMILES string of the molecule is C[C@@H]1C[C@H](N)C[C@H](c2ccncc2CC(=O)c2ccc(F)c3cc(N4CCN(C)C(=O)[C@@H]4C)cnc23)C1. The van der Waals surface area contributed by atoms with E-state index in [1.807, 2.05) is 17.9 Å². The lowest BCUT2D eigenvalue weighted by Crippen LogP contribution is -2.54. The van der Waals surface area contributed by atoms with Crippen LogP contribution in [0.25, 0.3) is 10.9 Å². The van der Waals surface area contributed by atoms with Gasteiger partial charge >= 0.3 is 0 Å². The summed E-state index contributed by atoms with van der Waals surface area (Å²) >= 11 is 0. The molecule has 0 unspecified atom stereocenters. The molecule has 1 aromatic carbocycles. The number of pyridine rings is 2. The first-order valence-corrected chi connectivity index (χ1v) is 13.0. The predicted molar refractivity (Wildman–Crippen MR) is 142 cm³/mol. The van der Waals surface area contributed by atoms with Crippen LogP contribution < -0.4 is 10.6 Å². The van der Waals surface area contributed by atoms with Gasteiger partial charge in [0.2, 0.25) is 5.91 Å². The highest BCUT2D eigenvalue weighted by Crippen LogP contribution is 2.37. The molecule has 37 heavy (non-hydrogen) atoms. The summed E-state index contributed by atoms with van der Waals surface area (Å²) in [4.78, 5) is 38.5. The third kappa shape index (κ3) is 4.94. The Hall–Kier alpha value is -3.39. The third-order valence-electron chi connectivity index (χ3n) is 8.00. The first-order valence-electron chi connectivity index (χ1n) is 13.0. The number of nitrogens with zero attached hydrogens (tertiary/aromatic N) is 4. The van der Waals surface area contributed by atoms with E-state index in [1.54, 1.807) is 36.6 Å². The summed E-state index contributed by atoms with van der Waals surface area (Å²) in [6.07, 6.45) is 8.29. The molecule has 1 aliphatic carbocycles. The van der Waals surface area contributed by atoms with Crippen LogP contribution in [-0.2, 0) is 11.2 Å². The Balaban J connectivity index is 1.44. The van der Waals surface area contributed by atoms with Crippen LogP contribution in [0.5, 0.6) is 0 Å². The summed E-state index contributed by atoms with van der Waals surface area (Å²) in [6.45, 7) is 5.27. The lowest BCUT2D eigenvalue weighted by atomic mass is 9.75. The maximum atomic E-state index is 15.0. The fourth-order valence-electron chi connectivity index (χ4n) is 6.09. The number of likely N-dealkylation sites (N-methyl/N-ethyl adjacent to an activating group) is 1. The van der Waals surface area contributed by atoms with Crippen molar-refractivity contribution in [1.29, 1.82) is 0 Å². The highest BCUT2D eigenvalue weighted by molar-refractivity contribution is 6.08. The molecule has 0 bridgehead atoms. The Labute approximate surface area is 216 Å². The molecule has 1 amide bonds. The number of fused-ring (bicyclic) bond motifs is 1. The van der Waals surface area contributed by atoms with Gasteiger partial charge < -0.3 is 15.5 Å². The molecule has 5 rings (SSSR count). The number of hydrogen-bond donors (Lipinski definition) is 1. The van der Waals surface area contributed by atoms with Crippen molar-refractivity contribution in [2.45, 2.75) is 57.5 Å². The third-order valence-corrected chi connectivity index (χ3v) is 8.00. The zero-order valence-electron chi connectivity index (χ0n) is 21.7. The molecule has 8 heteroatoms. The van der Waals surface area contributed by atoms with Gasteiger partial charge in [0.05, 0.1) is 17.4 Å². The van der Waals surface area contributed by atoms with Gasteiger partial charge in [-0.15, -0.1) is 0 Å². The lowest BCUT2D eigenvalue weighted by molar-refractivity contribution is -0.132. The molecule has 3 heterocycles. The van der Waals surface area contributed by atoms with Gasteiger partial charge in [-0.2, -0.15) is 0 Å². The summed E-state index contributed by atoms with van der Waals surface area (Å²) in [5.74, 6) is 0.264. The molecular weight excluding hydrogens is 469 g/mol. The Kier molecular flexibility index (Phi) is 6.94. The molecule has 2 fully saturated rings. The second-order valence-electron chi connectivity index (χ2n) is 10.8. The van der Waals surface area contributed by atoms with E-state index in [-0.39, 0.29) is 35.6 Å². The fourth-order valence-corrected chi connectivity index (χ4v) is 6.09. The van der Waals surface area contributed by atoms with Gasteiger partial charge in [-0.25, -0.2) is 4.39 Å². The highest BCUT2D eigenvalue weighted by atomic mass is 19.1. The standard InChI is InChI=1S/C29H34FN5O2/c1-17-10-19(12-21(31)11-17)23-6-7-32-15-20(23)13-27(36)24-4-5-26(30)25-14-22(16-33-28(24)25)35-9-8-34(3)29(37)18(35)2/h4-7,14-19,21H,8-13,31H2,1-3H3/t17-,18-,19+,21-/m0/s1. The molecule has 2 aliphatic rings. The van der Waals surface area contributed by atoms with Gasteiger partial charge in [-0.05, 0) is 73.4 Å². The number of benzene rings is 1. The van der Waals surface area contributed by atoms with Crippen LogP contribution in [0.4, 0.5) is 10.1 Å². The molecule has 2 N–H and O–H groups in total. The van der Waals surface area contributed by atoms with Crippen molar-refractivity contribution in [2.75, 3.05) is 25.0 Å². The highest BCUT2D eigenvalue weighted by Gasteiger charge is 2.31. The quantitative estimate of drug-likeness (QED) is 0.527. The molecule has 0 spiro atoms. The van der Waals surface area contributed by atoms with E-state index in [4.69, 9.17) is 5.73 Å². The number of Topliss-reactive ketones (excluding diaryl/α,β-unsaturated/α-hetero) is 1. The summed E-state index contributed by atoms with van der Waals surface area (Å²) in [5.41, 5.74) is 9.71. The van der Waals surface area contributed by atoms with Gasteiger partial charge in [-0.1, -0.05) is 6.92 Å². The van der Waals surface area contributed by atoms with E-state index >= 15 is 0 Å². The van der Waals surface area contributed by atoms with Crippen LogP contribution >= 0.6 is 0 Å². The van der Waals surface area contributed by atoms with Gasteiger partial charge in [0.1, 0.15) is 11.9 Å². The zero-order chi connectivity index (χ0) is 26.3. The van der Waals surface area contributed by atoms with E-state index in [9.17, 15) is 14.0 Å². The monoisotopic (exact) mass is 503 g/mol. The molecule has 1 saturated heterocycles. The van der Waals surface area contributed by atoms with E-state index < -0.39 is 5.82 Å². The molecular formula is C29H34FN5O2. The molecule has 1 saturated carbocycles. The van der Waals surface area contributed by atoms with Crippen LogP contribution in [-0.4, -0.2) is 58.8 Å². The number of rotatable bonds is 5. The van der Waals surface area contributed by atoms with Gasteiger partial charge in [0, 0.05) is 55.9 Å². The van der Waals surface area contributed by atoms with Crippen molar-refractivity contribution >= 4 is 28.3 Å². The summed E-state index contributed by atoms with van der Waals surface area (Å²) in [6, 6.07) is 6.33. The minimum Gasteiger partial charge on any atom is -0.357 e. The number of nitrogens with two attached hydrogens (primary N) is 1. The summed E-state index contributed by atoms with van der Waals surface area (Å²) in [7, 11) is 1.78. The average Bonchev–Trinajstić information content (AvgIpc) is 2.87. The van der Waals surface area contributed by atoms with Crippen LogP contribution in [0.15, 0.2) is 42.9 Å². The molecule has 0 radical (unpaired) electrons. The number of anilines is 1. The Morgan fingerprint density at radius 2 is 1.95 bits per heavy atom. The van der Waals surface area contributed by atoms with E-state index in [1.165, 1.54) is 12.1 Å². The first-order chi connectivity index (χ1) is 17.7. The van der Waals surface area contributed by atoms with Gasteiger partial charge in [0.15, 0.2) is 5.78 Å². The predicted octanol–water partition coefficient (Wildman–Crippen LogP) is 4.09. The number of amides is 1. The minimum absolute atomic E-state index is 0.0105. The van der Waals surface area contributed by atoms with E-state index in [2.05, 4.69) is 16.9 Å². The van der Waals surface area contributed by atoms with E-state index in [0.29, 0.717) is 41.7 Å². The maximum Gasteiger partial charge on any atom is 0.244 e. The largest absolute Gasteiger partial charge is 0.357 e. The van der Waals surface area contributed by atoms with Crippen molar-refractivity contribution in [3.63, 3.8) is 0 Å². The number of carbonyl (C=O) groups excluding carboxylic acids is 2. The van der Waals surface area contributed by atoms with Crippen LogP contribution in [0, 0.1) is 11.7 Å². The topological polar surface area (TPSA) is 92.4 Å². The second-order valence-corrected chi connectivity index (χ2v) is 10.8. The van der Waals surface area contributed by atoms with Crippen LogP contribution in [0.3, 0.4) is 0 Å². The van der Waals surface area contributed by atoms with Crippen molar-refractivity contribution in [1.82, 2.24) is 14.9 Å². The number of hydrogen-bond acceptors (Lipinski definition) is 6. The molecule has 1 aliphatic heterocycles. The number of carbonyl (C=O) groups is 2. The minimum atomic E-state index is -0.443. The Morgan fingerprint density at radius 3 is 2.73 bits per heavy atom. The molecule has 2 aromatic heterocycles. The van der Waals surface area contributed by atoms with Crippen molar-refractivity contribution in [2.24, 2.45) is 11.7 Å². The number of piperazine rings is 1. The fraction of sp³-hybridized carbons (Fsp3) is 0.448. The smallest absolute Gasteiger partial charge is 0.244 e. The first kappa shape index (κ1) is 25.3. The normalized spacial score (nSPS) is 24.5.